The van der Waals surface area contributed by atoms with Gasteiger partial charge in [-0.15, -0.1) is 0 Å². The molecule has 0 saturated heterocycles. The number of benzene rings is 3. The van der Waals surface area contributed by atoms with Gasteiger partial charge in [0.25, 0.3) is 15.9 Å². The molecule has 3 rings (SSSR count). The van der Waals surface area contributed by atoms with Crippen LogP contribution in [0.3, 0.4) is 0 Å². The van der Waals surface area contributed by atoms with Crippen molar-refractivity contribution in [1.29, 1.82) is 0 Å². The molecule has 0 spiro atoms. The molecular formula is C22H19F3N2O3S. The molecule has 0 aliphatic carbocycles. The summed E-state index contributed by atoms with van der Waals surface area (Å²) in [6, 6.07) is 18.5. The van der Waals surface area contributed by atoms with E-state index >= 15 is 0 Å². The average molecular weight is 448 g/mol. The summed E-state index contributed by atoms with van der Waals surface area (Å²) in [6.07, 6.45) is -4.46. The Labute approximate surface area is 178 Å². The summed E-state index contributed by atoms with van der Waals surface area (Å²) in [7, 11) is -2.38. The number of nitrogens with one attached hydrogen (secondary N) is 1. The minimum absolute atomic E-state index is 0.00767. The Morgan fingerprint density at radius 2 is 1.58 bits per heavy atom. The van der Waals surface area contributed by atoms with Crippen LogP contribution in [-0.4, -0.2) is 21.4 Å². The highest BCUT2D eigenvalue weighted by Gasteiger charge is 2.30. The van der Waals surface area contributed by atoms with Gasteiger partial charge in [-0.25, -0.2) is 8.42 Å². The second kappa shape index (κ2) is 8.81. The molecule has 0 aromatic heterocycles. The molecule has 162 valence electrons. The third-order valence-electron chi connectivity index (χ3n) is 4.60. The minimum Gasteiger partial charge on any atom is -0.348 e. The van der Waals surface area contributed by atoms with Gasteiger partial charge < -0.3 is 5.32 Å². The second-order valence-electron chi connectivity index (χ2n) is 6.71. The van der Waals surface area contributed by atoms with Crippen molar-refractivity contribution in [3.8, 4) is 0 Å². The van der Waals surface area contributed by atoms with Crippen molar-refractivity contribution >= 4 is 21.6 Å². The molecule has 1 amide bonds. The highest BCUT2D eigenvalue weighted by atomic mass is 32.2. The van der Waals surface area contributed by atoms with E-state index in [1.165, 1.54) is 43.4 Å². The van der Waals surface area contributed by atoms with Gasteiger partial charge in [-0.2, -0.15) is 13.2 Å². The van der Waals surface area contributed by atoms with E-state index in [-0.39, 0.29) is 17.0 Å². The smallest absolute Gasteiger partial charge is 0.348 e. The van der Waals surface area contributed by atoms with Crippen LogP contribution in [0, 0.1) is 0 Å². The number of hydrogen-bond acceptors (Lipinski definition) is 3. The molecule has 0 aliphatic rings. The van der Waals surface area contributed by atoms with Crippen LogP contribution < -0.4 is 9.62 Å². The Kier molecular flexibility index (Phi) is 6.35. The van der Waals surface area contributed by atoms with Crippen molar-refractivity contribution in [2.45, 2.75) is 17.6 Å². The molecular weight excluding hydrogens is 429 g/mol. The SMILES string of the molecule is CN(c1ccccc1)S(=O)(=O)c1ccc(C(=O)NCc2cccc(C(F)(F)F)c2)cc1. The van der Waals surface area contributed by atoms with E-state index in [9.17, 15) is 26.4 Å². The van der Waals surface area contributed by atoms with Crippen molar-refractivity contribution < 1.29 is 26.4 Å². The standard InChI is InChI=1S/C22H19F3N2O3S/c1-27(19-8-3-2-4-9-19)31(29,30)20-12-10-17(11-13-20)21(28)26-15-16-6-5-7-18(14-16)22(23,24)25/h2-14H,15H2,1H3,(H,26,28). The first-order valence-corrected chi connectivity index (χ1v) is 10.6. The summed E-state index contributed by atoms with van der Waals surface area (Å²) < 4.78 is 65.0. The molecule has 0 fully saturated rings. The first kappa shape index (κ1) is 22.4. The van der Waals surface area contributed by atoms with Crippen LogP contribution in [0.25, 0.3) is 0 Å². The van der Waals surface area contributed by atoms with Crippen LogP contribution in [-0.2, 0) is 22.7 Å². The number of rotatable bonds is 6. The number of anilines is 1. The highest BCUT2D eigenvalue weighted by molar-refractivity contribution is 7.92. The predicted molar refractivity (Wildman–Crippen MR) is 111 cm³/mol. The van der Waals surface area contributed by atoms with Crippen molar-refractivity contribution in [3.63, 3.8) is 0 Å². The number of alkyl halides is 3. The van der Waals surface area contributed by atoms with Crippen LogP contribution in [0.1, 0.15) is 21.5 Å². The number of sulfonamides is 1. The van der Waals surface area contributed by atoms with Crippen molar-refractivity contribution in [1.82, 2.24) is 5.32 Å². The van der Waals surface area contributed by atoms with E-state index in [0.717, 1.165) is 16.4 Å². The van der Waals surface area contributed by atoms with Crippen molar-refractivity contribution in [3.05, 3.63) is 95.6 Å². The summed E-state index contributed by atoms with van der Waals surface area (Å²) in [5.74, 6) is -0.530. The molecule has 9 heteroatoms. The summed E-state index contributed by atoms with van der Waals surface area (Å²) in [5, 5.41) is 2.53. The van der Waals surface area contributed by atoms with E-state index in [1.54, 1.807) is 30.3 Å². The molecule has 0 radical (unpaired) electrons. The predicted octanol–water partition coefficient (Wildman–Crippen LogP) is 4.46. The Hall–Kier alpha value is -3.33. The van der Waals surface area contributed by atoms with Crippen LogP contribution >= 0.6 is 0 Å². The van der Waals surface area contributed by atoms with Gasteiger partial charge in [0.1, 0.15) is 0 Å². The number of carbonyl (C=O) groups excluding carboxylic acids is 1. The quantitative estimate of drug-likeness (QED) is 0.606. The maximum atomic E-state index is 12.8. The zero-order valence-electron chi connectivity index (χ0n) is 16.4. The van der Waals surface area contributed by atoms with Gasteiger partial charge in [0.05, 0.1) is 16.1 Å². The van der Waals surface area contributed by atoms with E-state index in [0.29, 0.717) is 11.3 Å². The monoisotopic (exact) mass is 448 g/mol. The van der Waals surface area contributed by atoms with Crippen LogP contribution in [0.5, 0.6) is 0 Å². The van der Waals surface area contributed by atoms with E-state index < -0.39 is 27.7 Å². The topological polar surface area (TPSA) is 66.5 Å². The number of halogens is 3. The highest BCUT2D eigenvalue weighted by Crippen LogP contribution is 2.29. The van der Waals surface area contributed by atoms with E-state index in [2.05, 4.69) is 5.32 Å². The molecule has 0 heterocycles. The lowest BCUT2D eigenvalue weighted by Gasteiger charge is -2.19. The average Bonchev–Trinajstić information content (AvgIpc) is 2.77. The Bertz CT molecular complexity index is 1160. The number of hydrogen-bond donors (Lipinski definition) is 1. The molecule has 0 atom stereocenters. The summed E-state index contributed by atoms with van der Waals surface area (Å²) in [6.45, 7) is -0.0977. The Morgan fingerprint density at radius 3 is 2.19 bits per heavy atom. The van der Waals surface area contributed by atoms with Crippen molar-refractivity contribution in [2.75, 3.05) is 11.4 Å². The van der Waals surface area contributed by atoms with Crippen molar-refractivity contribution in [2.24, 2.45) is 0 Å². The third-order valence-corrected chi connectivity index (χ3v) is 6.40. The van der Waals surface area contributed by atoms with Gasteiger partial charge >= 0.3 is 6.18 Å². The van der Waals surface area contributed by atoms with Gasteiger partial charge in [0.2, 0.25) is 0 Å². The zero-order valence-corrected chi connectivity index (χ0v) is 17.2. The largest absolute Gasteiger partial charge is 0.416 e. The van der Waals surface area contributed by atoms with Gasteiger partial charge in [-0.3, -0.25) is 9.10 Å². The lowest BCUT2D eigenvalue weighted by atomic mass is 10.1. The number of nitrogens with zero attached hydrogens (tertiary/aromatic N) is 1. The maximum absolute atomic E-state index is 12.8. The molecule has 0 bridgehead atoms. The molecule has 0 saturated carbocycles. The van der Waals surface area contributed by atoms with Crippen LogP contribution in [0.2, 0.25) is 0 Å². The zero-order chi connectivity index (χ0) is 22.6. The normalized spacial score (nSPS) is 11.7. The molecule has 0 aliphatic heterocycles. The Balaban J connectivity index is 1.69. The number of para-hydroxylation sites is 1. The molecule has 5 nitrogen and oxygen atoms in total. The molecule has 0 unspecified atom stereocenters. The van der Waals surface area contributed by atoms with Gasteiger partial charge in [-0.05, 0) is 54.1 Å². The summed E-state index contributed by atoms with van der Waals surface area (Å²) in [5.41, 5.74) is 0.182. The maximum Gasteiger partial charge on any atom is 0.416 e. The first-order valence-electron chi connectivity index (χ1n) is 9.17. The van der Waals surface area contributed by atoms with E-state index in [1.807, 2.05) is 0 Å². The first-order chi connectivity index (χ1) is 14.6. The van der Waals surface area contributed by atoms with E-state index in [4.69, 9.17) is 0 Å². The lowest BCUT2D eigenvalue weighted by Crippen LogP contribution is -2.27. The van der Waals surface area contributed by atoms with Gasteiger partial charge in [0, 0.05) is 19.2 Å². The fraction of sp³-hybridized carbons (Fsp3) is 0.136. The van der Waals surface area contributed by atoms with Gasteiger partial charge in [-0.1, -0.05) is 30.3 Å². The second-order valence-corrected chi connectivity index (χ2v) is 8.68. The molecule has 1 N–H and O–H groups in total. The van der Waals surface area contributed by atoms with Crippen LogP contribution in [0.15, 0.2) is 83.8 Å². The number of carbonyl (C=O) groups is 1. The summed E-state index contributed by atoms with van der Waals surface area (Å²) >= 11 is 0. The Morgan fingerprint density at radius 1 is 0.935 bits per heavy atom. The fourth-order valence-electron chi connectivity index (χ4n) is 2.86. The lowest BCUT2D eigenvalue weighted by molar-refractivity contribution is -0.137. The number of amides is 1. The van der Waals surface area contributed by atoms with Gasteiger partial charge in [0.15, 0.2) is 0 Å². The minimum atomic E-state index is -4.46. The van der Waals surface area contributed by atoms with Crippen LogP contribution in [0.4, 0.5) is 18.9 Å². The molecule has 31 heavy (non-hydrogen) atoms. The third kappa shape index (κ3) is 5.24. The molecule has 3 aromatic rings. The molecule has 3 aromatic carbocycles. The summed E-state index contributed by atoms with van der Waals surface area (Å²) in [4.78, 5) is 12.3. The fourth-order valence-corrected chi connectivity index (χ4v) is 4.05.